The van der Waals surface area contributed by atoms with Crippen molar-refractivity contribution < 1.29 is 23.7 Å². The third-order valence-corrected chi connectivity index (χ3v) is 4.18. The number of methoxy groups -OCH3 is 3. The van der Waals surface area contributed by atoms with Crippen LogP contribution in [0, 0.1) is 6.92 Å². The predicted molar refractivity (Wildman–Crippen MR) is 103 cm³/mol. The first-order valence-electron chi connectivity index (χ1n) is 8.41. The maximum Gasteiger partial charge on any atom is 0.308 e. The SMILES string of the molecule is COc1cc(-n2c(C)nc3ccc(OC(C)=O)cc3c2=O)cc(OC)c1OC. The number of aromatic nitrogens is 2. The number of hydrogen-bond acceptors (Lipinski definition) is 7. The lowest BCUT2D eigenvalue weighted by molar-refractivity contribution is -0.131. The molecule has 0 N–H and O–H groups in total. The molecule has 0 aliphatic heterocycles. The van der Waals surface area contributed by atoms with E-state index in [0.29, 0.717) is 39.7 Å². The number of ether oxygens (including phenoxy) is 4. The Labute approximate surface area is 161 Å². The highest BCUT2D eigenvalue weighted by Crippen LogP contribution is 2.39. The zero-order valence-electron chi connectivity index (χ0n) is 16.2. The summed E-state index contributed by atoms with van der Waals surface area (Å²) >= 11 is 0. The summed E-state index contributed by atoms with van der Waals surface area (Å²) in [7, 11) is 4.51. The van der Waals surface area contributed by atoms with E-state index in [1.807, 2.05) is 0 Å². The van der Waals surface area contributed by atoms with Crippen molar-refractivity contribution in [2.24, 2.45) is 0 Å². The van der Waals surface area contributed by atoms with E-state index in [2.05, 4.69) is 4.98 Å². The van der Waals surface area contributed by atoms with Crippen LogP contribution in [0.25, 0.3) is 16.6 Å². The van der Waals surface area contributed by atoms with Crippen LogP contribution < -0.4 is 24.5 Å². The monoisotopic (exact) mass is 384 g/mol. The maximum absolute atomic E-state index is 13.2. The summed E-state index contributed by atoms with van der Waals surface area (Å²) in [6.07, 6.45) is 0. The fraction of sp³-hybridized carbons (Fsp3) is 0.250. The minimum absolute atomic E-state index is 0.277. The van der Waals surface area contributed by atoms with Gasteiger partial charge in [0, 0.05) is 19.1 Å². The van der Waals surface area contributed by atoms with E-state index in [9.17, 15) is 9.59 Å². The quantitative estimate of drug-likeness (QED) is 0.493. The van der Waals surface area contributed by atoms with E-state index in [-0.39, 0.29) is 11.3 Å². The average Bonchev–Trinajstić information content (AvgIpc) is 2.67. The molecule has 1 heterocycles. The molecule has 0 aliphatic carbocycles. The Kier molecular flexibility index (Phi) is 5.21. The molecule has 0 saturated carbocycles. The van der Waals surface area contributed by atoms with E-state index in [1.165, 1.54) is 38.9 Å². The molecule has 0 aliphatic rings. The van der Waals surface area contributed by atoms with E-state index in [4.69, 9.17) is 18.9 Å². The summed E-state index contributed by atoms with van der Waals surface area (Å²) in [5, 5.41) is 0.318. The standard InChI is InChI=1S/C20H20N2O6/c1-11-21-16-7-6-14(28-12(2)23)10-15(16)20(24)22(11)13-8-17(25-3)19(27-5)18(9-13)26-4/h6-10H,1-5H3. The molecule has 3 aromatic rings. The number of nitrogens with zero attached hydrogens (tertiary/aromatic N) is 2. The molecule has 2 aromatic carbocycles. The number of benzene rings is 2. The number of esters is 1. The molecule has 0 saturated heterocycles. The van der Waals surface area contributed by atoms with Gasteiger partial charge in [0.1, 0.15) is 11.6 Å². The van der Waals surface area contributed by atoms with Gasteiger partial charge in [-0.3, -0.25) is 14.2 Å². The highest BCUT2D eigenvalue weighted by atomic mass is 16.5. The molecule has 0 spiro atoms. The Morgan fingerprint density at radius 3 is 2.18 bits per heavy atom. The Morgan fingerprint density at radius 1 is 1.00 bits per heavy atom. The van der Waals surface area contributed by atoms with Gasteiger partial charge in [-0.05, 0) is 25.1 Å². The van der Waals surface area contributed by atoms with Crippen molar-refractivity contribution in [2.45, 2.75) is 13.8 Å². The summed E-state index contributed by atoms with van der Waals surface area (Å²) in [5.74, 6) is 1.54. The highest BCUT2D eigenvalue weighted by Gasteiger charge is 2.17. The molecule has 146 valence electrons. The Balaban J connectivity index is 2.28. The van der Waals surface area contributed by atoms with Crippen molar-refractivity contribution in [3.8, 4) is 28.7 Å². The van der Waals surface area contributed by atoms with Crippen LogP contribution in [0.4, 0.5) is 0 Å². The number of hydrogen-bond donors (Lipinski definition) is 0. The third kappa shape index (κ3) is 3.36. The number of aryl methyl sites for hydroxylation is 1. The lowest BCUT2D eigenvalue weighted by atomic mass is 10.2. The average molecular weight is 384 g/mol. The van der Waals surface area contributed by atoms with Gasteiger partial charge >= 0.3 is 5.97 Å². The van der Waals surface area contributed by atoms with Crippen molar-refractivity contribution >= 4 is 16.9 Å². The molecule has 0 atom stereocenters. The van der Waals surface area contributed by atoms with Gasteiger partial charge in [0.05, 0.1) is 37.9 Å². The molecule has 1 aromatic heterocycles. The van der Waals surface area contributed by atoms with Gasteiger partial charge in [-0.25, -0.2) is 4.98 Å². The van der Waals surface area contributed by atoms with Crippen LogP contribution in [0.3, 0.4) is 0 Å². The van der Waals surface area contributed by atoms with Crippen LogP contribution in [-0.2, 0) is 4.79 Å². The van der Waals surface area contributed by atoms with Gasteiger partial charge in [0.15, 0.2) is 11.5 Å². The van der Waals surface area contributed by atoms with Crippen molar-refractivity contribution in [3.05, 3.63) is 46.5 Å². The van der Waals surface area contributed by atoms with Gasteiger partial charge < -0.3 is 18.9 Å². The second-order valence-corrected chi connectivity index (χ2v) is 5.96. The molecule has 3 rings (SSSR count). The van der Waals surface area contributed by atoms with Crippen LogP contribution in [0.15, 0.2) is 35.1 Å². The number of carbonyl (C=O) groups excluding carboxylic acids is 1. The first-order chi connectivity index (χ1) is 13.4. The predicted octanol–water partition coefficient (Wildman–Crippen LogP) is 2.65. The number of carbonyl (C=O) groups is 1. The van der Waals surface area contributed by atoms with Gasteiger partial charge in [-0.1, -0.05) is 0 Å². The van der Waals surface area contributed by atoms with Gasteiger partial charge in [0.2, 0.25) is 5.75 Å². The molecule has 8 heteroatoms. The molecular weight excluding hydrogens is 364 g/mol. The van der Waals surface area contributed by atoms with Crippen molar-refractivity contribution in [2.75, 3.05) is 21.3 Å². The van der Waals surface area contributed by atoms with Crippen LogP contribution in [-0.4, -0.2) is 36.8 Å². The summed E-state index contributed by atoms with van der Waals surface area (Å²) in [4.78, 5) is 28.9. The second-order valence-electron chi connectivity index (χ2n) is 5.96. The lowest BCUT2D eigenvalue weighted by Crippen LogP contribution is -2.22. The van der Waals surface area contributed by atoms with Crippen LogP contribution in [0.2, 0.25) is 0 Å². The topological polar surface area (TPSA) is 88.9 Å². The van der Waals surface area contributed by atoms with E-state index < -0.39 is 5.97 Å². The van der Waals surface area contributed by atoms with Gasteiger partial charge in [-0.15, -0.1) is 0 Å². The van der Waals surface area contributed by atoms with Gasteiger partial charge in [-0.2, -0.15) is 0 Å². The minimum atomic E-state index is -0.468. The molecule has 0 radical (unpaired) electrons. The van der Waals surface area contributed by atoms with Crippen molar-refractivity contribution in [3.63, 3.8) is 0 Å². The number of rotatable bonds is 5. The molecule has 0 fully saturated rings. The first kappa shape index (κ1) is 19.2. The van der Waals surface area contributed by atoms with E-state index in [1.54, 1.807) is 31.2 Å². The lowest BCUT2D eigenvalue weighted by Gasteiger charge is -2.16. The third-order valence-electron chi connectivity index (χ3n) is 4.18. The molecule has 0 unspecified atom stereocenters. The fourth-order valence-electron chi connectivity index (χ4n) is 3.01. The molecule has 0 bridgehead atoms. The van der Waals surface area contributed by atoms with E-state index >= 15 is 0 Å². The first-order valence-corrected chi connectivity index (χ1v) is 8.41. The van der Waals surface area contributed by atoms with Crippen LogP contribution in [0.5, 0.6) is 23.0 Å². The van der Waals surface area contributed by atoms with Crippen LogP contribution in [0.1, 0.15) is 12.7 Å². The summed E-state index contributed by atoms with van der Waals surface area (Å²) in [6.45, 7) is 3.02. The highest BCUT2D eigenvalue weighted by molar-refractivity contribution is 5.81. The van der Waals surface area contributed by atoms with Crippen LogP contribution >= 0.6 is 0 Å². The zero-order chi connectivity index (χ0) is 20.4. The smallest absolute Gasteiger partial charge is 0.308 e. The molecule has 8 nitrogen and oxygen atoms in total. The second kappa shape index (κ2) is 7.59. The number of fused-ring (bicyclic) bond motifs is 1. The zero-order valence-corrected chi connectivity index (χ0v) is 16.2. The molecule has 0 amide bonds. The minimum Gasteiger partial charge on any atom is -0.493 e. The Morgan fingerprint density at radius 2 is 1.64 bits per heavy atom. The summed E-state index contributed by atoms with van der Waals surface area (Å²) < 4.78 is 22.6. The maximum atomic E-state index is 13.2. The fourth-order valence-corrected chi connectivity index (χ4v) is 3.01. The van der Waals surface area contributed by atoms with Gasteiger partial charge in [0.25, 0.3) is 5.56 Å². The summed E-state index contributed by atoms with van der Waals surface area (Å²) in [5.41, 5.74) is 0.692. The summed E-state index contributed by atoms with van der Waals surface area (Å²) in [6, 6.07) is 8.07. The molecular formula is C20H20N2O6. The Hall–Kier alpha value is -3.55. The normalized spacial score (nSPS) is 10.6. The van der Waals surface area contributed by atoms with E-state index in [0.717, 1.165) is 0 Å². The van der Waals surface area contributed by atoms with Crippen molar-refractivity contribution in [1.82, 2.24) is 9.55 Å². The van der Waals surface area contributed by atoms with Crippen molar-refractivity contribution in [1.29, 1.82) is 0 Å². The largest absolute Gasteiger partial charge is 0.493 e. The Bertz CT molecular complexity index is 1090. The molecule has 28 heavy (non-hydrogen) atoms.